The molecule has 0 atom stereocenters. The molecule has 1 aromatic rings. The van der Waals surface area contributed by atoms with E-state index in [1.54, 1.807) is 0 Å². The lowest BCUT2D eigenvalue weighted by atomic mass is 10.1. The van der Waals surface area contributed by atoms with Crippen molar-refractivity contribution in [2.75, 3.05) is 20.2 Å². The Balaban J connectivity index is 2.27. The highest BCUT2D eigenvalue weighted by Gasteiger charge is 2.86. The monoisotopic (exact) mass is 551 g/mol. The first kappa shape index (κ1) is 28.9. The molecule has 1 aliphatic rings. The predicted molar refractivity (Wildman–Crippen MR) is 96.8 cm³/mol. The summed E-state index contributed by atoms with van der Waals surface area (Å²) in [5, 5.41) is -7.25. The Labute approximate surface area is 191 Å². The largest absolute Gasteiger partial charge is 0.497 e. The molecule has 0 bridgehead atoms. The highest BCUT2D eigenvalue weighted by molar-refractivity contribution is 7.88. The van der Waals surface area contributed by atoms with Crippen LogP contribution in [0.3, 0.4) is 0 Å². The third kappa shape index (κ3) is 5.44. The Bertz CT molecular complexity index is 1040. The zero-order valence-corrected chi connectivity index (χ0v) is 18.2. The molecule has 2 rings (SSSR count). The van der Waals surface area contributed by atoms with E-state index in [1.165, 1.54) is 31.4 Å². The van der Waals surface area contributed by atoms with Crippen molar-refractivity contribution in [3.63, 3.8) is 0 Å². The molecule has 35 heavy (non-hydrogen) atoms. The molecule has 0 saturated heterocycles. The van der Waals surface area contributed by atoms with Crippen LogP contribution in [-0.4, -0.2) is 62.7 Å². The summed E-state index contributed by atoms with van der Waals surface area (Å²) in [6, 6.07) is 5.95. The fourth-order valence-corrected chi connectivity index (χ4v) is 3.85. The topological polar surface area (TPSA) is 55.8 Å². The Morgan fingerprint density at radius 1 is 0.943 bits per heavy atom. The smallest absolute Gasteiger partial charge is 0.460 e. The first-order valence-corrected chi connectivity index (χ1v) is 10.7. The molecule has 0 spiro atoms. The van der Waals surface area contributed by atoms with Gasteiger partial charge in [-0.1, -0.05) is 12.1 Å². The molecular formula is C18H16F11NO4S. The fourth-order valence-electron chi connectivity index (χ4n) is 2.87. The van der Waals surface area contributed by atoms with Crippen molar-refractivity contribution in [3.05, 3.63) is 41.7 Å². The average Bonchev–Trinajstić information content (AvgIpc) is 2.84. The van der Waals surface area contributed by atoms with Crippen molar-refractivity contribution in [1.82, 2.24) is 4.90 Å². The molecule has 5 nitrogen and oxygen atoms in total. The molecule has 17 heteroatoms. The number of benzene rings is 1. The third-order valence-electron chi connectivity index (χ3n) is 4.75. The minimum Gasteiger partial charge on any atom is -0.497 e. The summed E-state index contributed by atoms with van der Waals surface area (Å²) < 4.78 is 178. The number of rotatable bonds is 8. The van der Waals surface area contributed by atoms with Gasteiger partial charge < -0.3 is 8.92 Å². The first-order chi connectivity index (χ1) is 15.7. The van der Waals surface area contributed by atoms with Gasteiger partial charge in [0.05, 0.1) is 13.7 Å². The Morgan fingerprint density at radius 3 is 1.97 bits per heavy atom. The van der Waals surface area contributed by atoms with Crippen LogP contribution < -0.4 is 4.74 Å². The number of hydrogen-bond acceptors (Lipinski definition) is 5. The highest BCUT2D eigenvalue weighted by atomic mass is 32.2. The van der Waals surface area contributed by atoms with Crippen molar-refractivity contribution in [2.45, 2.75) is 42.2 Å². The lowest BCUT2D eigenvalue weighted by Crippen LogP contribution is -2.63. The van der Waals surface area contributed by atoms with Crippen LogP contribution in [0.15, 0.2) is 36.1 Å². The van der Waals surface area contributed by atoms with Crippen LogP contribution >= 0.6 is 0 Å². The molecule has 200 valence electrons. The first-order valence-electron chi connectivity index (χ1n) is 9.27. The van der Waals surface area contributed by atoms with Gasteiger partial charge in [-0.25, -0.2) is 0 Å². The second kappa shape index (κ2) is 9.29. The van der Waals surface area contributed by atoms with E-state index in [1.807, 2.05) is 0 Å². The van der Waals surface area contributed by atoms with E-state index in [-0.39, 0.29) is 19.2 Å². The predicted octanol–water partition coefficient (Wildman–Crippen LogP) is 5.19. The van der Waals surface area contributed by atoms with Gasteiger partial charge in [-0.2, -0.15) is 56.7 Å². The van der Waals surface area contributed by atoms with Gasteiger partial charge >= 0.3 is 39.3 Å². The zero-order chi connectivity index (χ0) is 27.1. The maximum absolute atomic E-state index is 14.6. The minimum absolute atomic E-state index is 0.181. The van der Waals surface area contributed by atoms with Gasteiger partial charge in [-0.05, 0) is 30.2 Å². The van der Waals surface area contributed by atoms with Crippen LogP contribution in [0.5, 0.6) is 5.75 Å². The molecule has 0 unspecified atom stereocenters. The lowest BCUT2D eigenvalue weighted by Gasteiger charge is -2.33. The van der Waals surface area contributed by atoms with Gasteiger partial charge in [0.15, 0.2) is 5.76 Å². The molecule has 1 aliphatic heterocycles. The van der Waals surface area contributed by atoms with Crippen molar-refractivity contribution < 1.29 is 65.6 Å². The maximum Gasteiger partial charge on any atom is 0.460 e. The SMILES string of the molecule is COc1ccc(CN2CCC=C(OS(=O)(=O)C(F)(F)C(F)(F)C(F)(F)C(F)(F)F)C(F)(F)C2)cc1. The van der Waals surface area contributed by atoms with Crippen LogP contribution in [0.1, 0.15) is 12.0 Å². The number of alkyl halides is 11. The summed E-state index contributed by atoms with van der Waals surface area (Å²) in [5.41, 5.74) is 0.458. The van der Waals surface area contributed by atoms with Gasteiger partial charge in [-0.15, -0.1) is 0 Å². The standard InChI is InChI=1S/C18H16F11NO4S/c1-33-12-6-4-11(5-7-12)9-30-8-2-3-13(14(19,20)10-30)34-35(31,32)18(28,29)16(23,24)15(21,22)17(25,26)27/h3-7H,2,8-10H2,1H3. The number of methoxy groups -OCH3 is 1. The minimum atomic E-state index is -7.60. The number of nitrogens with zero attached hydrogens (tertiary/aromatic N) is 1. The van der Waals surface area contributed by atoms with Gasteiger partial charge in [0.2, 0.25) is 0 Å². The maximum atomic E-state index is 14.6. The van der Waals surface area contributed by atoms with Crippen molar-refractivity contribution >= 4 is 10.1 Å². The van der Waals surface area contributed by atoms with Crippen LogP contribution in [0, 0.1) is 0 Å². The van der Waals surface area contributed by atoms with E-state index in [0.717, 1.165) is 4.90 Å². The van der Waals surface area contributed by atoms with E-state index in [9.17, 15) is 56.7 Å². The van der Waals surface area contributed by atoms with Crippen molar-refractivity contribution in [2.24, 2.45) is 0 Å². The Hall–Kier alpha value is -2.30. The second-order valence-corrected chi connectivity index (χ2v) is 8.91. The van der Waals surface area contributed by atoms with Crippen LogP contribution in [-0.2, 0) is 20.8 Å². The second-order valence-electron chi connectivity index (χ2n) is 7.32. The van der Waals surface area contributed by atoms with Crippen molar-refractivity contribution in [3.8, 4) is 5.75 Å². The lowest BCUT2D eigenvalue weighted by molar-refractivity contribution is -0.382. The van der Waals surface area contributed by atoms with E-state index < -0.39 is 58.0 Å². The Morgan fingerprint density at radius 2 is 1.49 bits per heavy atom. The van der Waals surface area contributed by atoms with Crippen molar-refractivity contribution in [1.29, 1.82) is 0 Å². The van der Waals surface area contributed by atoms with E-state index >= 15 is 0 Å². The quantitative estimate of drug-likeness (QED) is 0.329. The number of ether oxygens (including phenoxy) is 1. The molecule has 1 heterocycles. The molecule has 0 N–H and O–H groups in total. The molecule has 0 aliphatic carbocycles. The van der Waals surface area contributed by atoms with Crippen LogP contribution in [0.2, 0.25) is 0 Å². The number of hydrogen-bond donors (Lipinski definition) is 0. The van der Waals surface area contributed by atoms with E-state index in [0.29, 0.717) is 11.3 Å². The highest BCUT2D eigenvalue weighted by Crippen LogP contribution is 2.55. The normalized spacial score (nSPS) is 18.6. The summed E-state index contributed by atoms with van der Waals surface area (Å²) in [4.78, 5) is 1.01. The molecule has 0 amide bonds. The molecule has 0 saturated carbocycles. The van der Waals surface area contributed by atoms with Gasteiger partial charge in [0.25, 0.3) is 0 Å². The summed E-state index contributed by atoms with van der Waals surface area (Å²) in [6.07, 6.45) is -7.57. The number of halogens is 11. The molecular weight excluding hydrogens is 535 g/mol. The van der Waals surface area contributed by atoms with Crippen LogP contribution in [0.25, 0.3) is 0 Å². The molecule has 1 aromatic carbocycles. The van der Waals surface area contributed by atoms with E-state index in [2.05, 4.69) is 4.18 Å². The van der Waals surface area contributed by atoms with Gasteiger partial charge in [0.1, 0.15) is 5.75 Å². The van der Waals surface area contributed by atoms with Gasteiger partial charge in [-0.3, -0.25) is 4.90 Å². The van der Waals surface area contributed by atoms with Crippen LogP contribution in [0.4, 0.5) is 48.3 Å². The summed E-state index contributed by atoms with van der Waals surface area (Å²) in [5.74, 6) is -21.3. The van der Waals surface area contributed by atoms with Gasteiger partial charge in [0, 0.05) is 13.1 Å². The fraction of sp³-hybridized carbons (Fsp3) is 0.556. The summed E-state index contributed by atoms with van der Waals surface area (Å²) in [6.45, 7) is -1.81. The molecule has 0 aromatic heterocycles. The third-order valence-corrected chi connectivity index (χ3v) is 6.04. The molecule has 0 radical (unpaired) electrons. The zero-order valence-electron chi connectivity index (χ0n) is 17.4. The van der Waals surface area contributed by atoms with E-state index in [4.69, 9.17) is 4.74 Å². The summed E-state index contributed by atoms with van der Waals surface area (Å²) >= 11 is 0. The Kier molecular flexibility index (Phi) is 7.68. The molecule has 0 fully saturated rings. The average molecular weight is 551 g/mol. The summed E-state index contributed by atoms with van der Waals surface area (Å²) in [7, 11) is -6.11.